The van der Waals surface area contributed by atoms with Crippen LogP contribution in [0.25, 0.3) is 0 Å². The van der Waals surface area contributed by atoms with Gasteiger partial charge in [0.2, 0.25) is 0 Å². The summed E-state index contributed by atoms with van der Waals surface area (Å²) in [5, 5.41) is 12.9. The number of β-amino-alcohol motifs (C(OH)–C–C–N with tert-alkyl or cyclic N) is 1. The van der Waals surface area contributed by atoms with E-state index in [1.165, 1.54) is 11.8 Å². The van der Waals surface area contributed by atoms with Crippen molar-refractivity contribution in [3.8, 4) is 0 Å². The van der Waals surface area contributed by atoms with Crippen molar-refractivity contribution in [3.05, 3.63) is 17.5 Å². The zero-order valence-electron chi connectivity index (χ0n) is 10.3. The Hall–Kier alpha value is -1.57. The highest BCUT2D eigenvalue weighted by Gasteiger charge is 2.41. The van der Waals surface area contributed by atoms with E-state index in [1.54, 1.807) is 0 Å². The molecule has 19 heavy (non-hydrogen) atoms. The van der Waals surface area contributed by atoms with Gasteiger partial charge in [-0.3, -0.25) is 9.48 Å². The molecule has 0 aliphatic carbocycles. The van der Waals surface area contributed by atoms with Crippen molar-refractivity contribution in [2.24, 2.45) is 0 Å². The topological polar surface area (TPSA) is 58.4 Å². The highest BCUT2D eigenvalue weighted by Crippen LogP contribution is 2.33. The van der Waals surface area contributed by atoms with Gasteiger partial charge in [-0.2, -0.15) is 18.3 Å². The number of halogens is 3. The van der Waals surface area contributed by atoms with E-state index in [-0.39, 0.29) is 19.6 Å². The van der Waals surface area contributed by atoms with Gasteiger partial charge in [0, 0.05) is 19.6 Å². The monoisotopic (exact) mass is 277 g/mol. The summed E-state index contributed by atoms with van der Waals surface area (Å²) in [5.41, 5.74) is -1.48. The van der Waals surface area contributed by atoms with E-state index in [0.717, 1.165) is 10.9 Å². The third kappa shape index (κ3) is 2.58. The molecular weight excluding hydrogens is 263 g/mol. The molecule has 1 aromatic heterocycles. The van der Waals surface area contributed by atoms with Crippen LogP contribution in [0.3, 0.4) is 0 Å². The average Bonchev–Trinajstić information content (AvgIpc) is 2.92. The van der Waals surface area contributed by atoms with Crippen LogP contribution < -0.4 is 0 Å². The molecule has 106 valence electrons. The van der Waals surface area contributed by atoms with E-state index >= 15 is 0 Å². The van der Waals surface area contributed by atoms with E-state index in [9.17, 15) is 23.1 Å². The Bertz CT molecular complexity index is 484. The molecule has 0 saturated carbocycles. The van der Waals surface area contributed by atoms with Crippen molar-refractivity contribution in [3.63, 3.8) is 0 Å². The van der Waals surface area contributed by atoms with E-state index in [4.69, 9.17) is 0 Å². The van der Waals surface area contributed by atoms with Crippen LogP contribution >= 0.6 is 0 Å². The lowest BCUT2D eigenvalue weighted by molar-refractivity contribution is -0.144. The molecule has 1 N–H and O–H groups in total. The maximum atomic E-state index is 13.0. The Morgan fingerprint density at radius 3 is 2.74 bits per heavy atom. The first-order valence-corrected chi connectivity index (χ1v) is 5.95. The van der Waals surface area contributed by atoms with E-state index in [0.29, 0.717) is 6.42 Å². The molecule has 1 aliphatic heterocycles. The van der Waals surface area contributed by atoms with Crippen molar-refractivity contribution < 1.29 is 23.1 Å². The second kappa shape index (κ2) is 4.84. The summed E-state index contributed by atoms with van der Waals surface area (Å²) in [6.07, 6.45) is -3.97. The fourth-order valence-corrected chi connectivity index (χ4v) is 2.18. The molecule has 0 radical (unpaired) electrons. The number of hydrogen-bond acceptors (Lipinski definition) is 3. The number of aliphatic hydroxyl groups excluding tert-OH is 1. The van der Waals surface area contributed by atoms with Gasteiger partial charge in [-0.05, 0) is 13.3 Å². The predicted octanol–water partition coefficient (Wildman–Crippen LogP) is 1.13. The zero-order chi connectivity index (χ0) is 14.2. The third-order valence-electron chi connectivity index (χ3n) is 3.09. The molecule has 1 aromatic rings. The van der Waals surface area contributed by atoms with Gasteiger partial charge >= 0.3 is 6.18 Å². The van der Waals surface area contributed by atoms with Gasteiger partial charge in [0.25, 0.3) is 5.91 Å². The molecule has 2 heterocycles. The van der Waals surface area contributed by atoms with Crippen LogP contribution in [-0.2, 0) is 12.7 Å². The smallest absolute Gasteiger partial charge is 0.391 e. The van der Waals surface area contributed by atoms with Crippen LogP contribution in [-0.4, -0.2) is 44.9 Å². The zero-order valence-corrected chi connectivity index (χ0v) is 10.3. The number of aromatic nitrogens is 2. The van der Waals surface area contributed by atoms with Crippen molar-refractivity contribution >= 4 is 5.91 Å². The van der Waals surface area contributed by atoms with Crippen LogP contribution in [0, 0.1) is 0 Å². The highest BCUT2D eigenvalue weighted by molar-refractivity contribution is 5.95. The molecule has 1 fully saturated rings. The van der Waals surface area contributed by atoms with Crippen molar-refractivity contribution in [1.82, 2.24) is 14.7 Å². The molecule has 1 amide bonds. The summed E-state index contributed by atoms with van der Waals surface area (Å²) in [6.45, 7) is 1.88. The summed E-state index contributed by atoms with van der Waals surface area (Å²) < 4.78 is 39.7. The second-order valence-electron chi connectivity index (χ2n) is 4.41. The Morgan fingerprint density at radius 1 is 1.58 bits per heavy atom. The molecule has 8 heteroatoms. The van der Waals surface area contributed by atoms with Crippen LogP contribution in [0.4, 0.5) is 13.2 Å². The lowest BCUT2D eigenvalue weighted by Crippen LogP contribution is -2.31. The average molecular weight is 277 g/mol. The Kier molecular flexibility index (Phi) is 3.53. The molecule has 0 spiro atoms. The lowest BCUT2D eigenvalue weighted by Gasteiger charge is -2.17. The van der Waals surface area contributed by atoms with E-state index < -0.39 is 29.4 Å². The first-order valence-electron chi connectivity index (χ1n) is 5.95. The number of likely N-dealkylation sites (tertiary alicyclic amines) is 1. The Balaban J connectivity index is 2.35. The van der Waals surface area contributed by atoms with Gasteiger partial charge in [-0.25, -0.2) is 0 Å². The number of hydrogen-bond donors (Lipinski definition) is 1. The number of alkyl halides is 3. The standard InChI is InChI=1S/C11H14F3N3O2/c1-2-17-9(11(12,13)14)8(5-15-17)10(19)16-4-3-7(18)6-16/h5,7,18H,2-4,6H2,1H3/t7-/m1/s1. The number of amides is 1. The van der Waals surface area contributed by atoms with Crippen molar-refractivity contribution in [2.45, 2.75) is 32.2 Å². The first kappa shape index (κ1) is 13.9. The number of carbonyl (C=O) groups excluding carboxylic acids is 1. The Labute approximate surface area is 107 Å². The maximum absolute atomic E-state index is 13.0. The minimum absolute atomic E-state index is 0.0325. The van der Waals surface area contributed by atoms with Crippen molar-refractivity contribution in [2.75, 3.05) is 13.1 Å². The van der Waals surface area contributed by atoms with Gasteiger partial charge < -0.3 is 10.0 Å². The molecule has 2 rings (SSSR count). The molecule has 1 atom stereocenters. The van der Waals surface area contributed by atoms with Crippen LogP contribution in [0.1, 0.15) is 29.4 Å². The van der Waals surface area contributed by atoms with Gasteiger partial charge in [-0.1, -0.05) is 0 Å². The first-order chi connectivity index (χ1) is 8.84. The third-order valence-corrected chi connectivity index (χ3v) is 3.09. The highest BCUT2D eigenvalue weighted by atomic mass is 19.4. The largest absolute Gasteiger partial charge is 0.433 e. The normalized spacial score (nSPS) is 20.1. The number of carbonyl (C=O) groups is 1. The molecular formula is C11H14F3N3O2. The molecule has 5 nitrogen and oxygen atoms in total. The van der Waals surface area contributed by atoms with Crippen LogP contribution in [0.15, 0.2) is 6.20 Å². The molecule has 1 aliphatic rings. The minimum atomic E-state index is -4.63. The molecule has 0 unspecified atom stereocenters. The number of aryl methyl sites for hydroxylation is 1. The summed E-state index contributed by atoms with van der Waals surface area (Å²) in [5.74, 6) is -0.733. The fraction of sp³-hybridized carbons (Fsp3) is 0.636. The number of aliphatic hydroxyl groups is 1. The quantitative estimate of drug-likeness (QED) is 0.881. The number of rotatable bonds is 2. The summed E-state index contributed by atoms with van der Waals surface area (Å²) in [6, 6.07) is 0. The van der Waals surface area contributed by atoms with E-state index in [1.807, 2.05) is 0 Å². The SMILES string of the molecule is CCn1ncc(C(=O)N2CC[C@@H](O)C2)c1C(F)(F)F. The maximum Gasteiger partial charge on any atom is 0.433 e. The number of nitrogens with zero attached hydrogens (tertiary/aromatic N) is 3. The Morgan fingerprint density at radius 2 is 2.26 bits per heavy atom. The van der Waals surface area contributed by atoms with Gasteiger partial charge in [0.05, 0.1) is 17.9 Å². The summed E-state index contributed by atoms with van der Waals surface area (Å²) in [7, 11) is 0. The molecule has 0 bridgehead atoms. The predicted molar refractivity (Wildman–Crippen MR) is 59.4 cm³/mol. The van der Waals surface area contributed by atoms with E-state index in [2.05, 4.69) is 5.10 Å². The summed E-state index contributed by atoms with van der Waals surface area (Å²) >= 11 is 0. The molecule has 0 aromatic carbocycles. The van der Waals surface area contributed by atoms with Gasteiger partial charge in [0.15, 0.2) is 5.69 Å². The minimum Gasteiger partial charge on any atom is -0.391 e. The van der Waals surface area contributed by atoms with Crippen LogP contribution in [0.5, 0.6) is 0 Å². The molecule has 1 saturated heterocycles. The summed E-state index contributed by atoms with van der Waals surface area (Å²) in [4.78, 5) is 13.3. The second-order valence-corrected chi connectivity index (χ2v) is 4.41. The van der Waals surface area contributed by atoms with Gasteiger partial charge in [0.1, 0.15) is 0 Å². The van der Waals surface area contributed by atoms with Gasteiger partial charge in [-0.15, -0.1) is 0 Å². The van der Waals surface area contributed by atoms with Crippen LogP contribution in [0.2, 0.25) is 0 Å². The lowest BCUT2D eigenvalue weighted by atomic mass is 10.2. The fourth-order valence-electron chi connectivity index (χ4n) is 2.18. The van der Waals surface area contributed by atoms with Crippen molar-refractivity contribution in [1.29, 1.82) is 0 Å².